The summed E-state index contributed by atoms with van der Waals surface area (Å²) in [6, 6.07) is 0. The number of ether oxygens (including phenoxy) is 3. The van der Waals surface area contributed by atoms with Gasteiger partial charge in [-0.1, -0.05) is 52.8 Å². The normalized spacial score (nSPS) is 40.3. The van der Waals surface area contributed by atoms with Gasteiger partial charge in [0.05, 0.1) is 17.3 Å². The molecule has 0 aromatic carbocycles. The summed E-state index contributed by atoms with van der Waals surface area (Å²) >= 11 is 0. The molecule has 4 aliphatic carbocycles. The van der Waals surface area contributed by atoms with Crippen LogP contribution in [0.3, 0.4) is 0 Å². The van der Waals surface area contributed by atoms with Crippen molar-refractivity contribution in [3.8, 4) is 0 Å². The molecule has 4 rings (SSSR count). The molecule has 4 fully saturated rings. The third-order valence-electron chi connectivity index (χ3n) is 13.0. The Morgan fingerprint density at radius 1 is 1.02 bits per heavy atom. The minimum Gasteiger partial charge on any atom is -0.491 e. The maximum absolute atomic E-state index is 14.0. The first kappa shape index (κ1) is 35.8. The van der Waals surface area contributed by atoms with E-state index in [1.807, 2.05) is 6.92 Å². The van der Waals surface area contributed by atoms with Crippen molar-refractivity contribution in [2.24, 2.45) is 51.2 Å². The topological polar surface area (TPSA) is 82.1 Å². The Kier molecular flexibility index (Phi) is 10.2. The standard InChI is InChI=1S/C39H62O6/c1-23(2)14-13-15-27(34(41)43-22-44-35(42)36(7,8)9)32-29-20-30(40)33-37(10)18-16-25(5)26(6)28(37)17-19-38(33,11)39(29,12)21-31(32)45-24(3)4/h14,25-26,28-31,33,40H,3,13,15-22H2,1-2,4-12H3/b32-27-/t25-,26+,28+,29+,30-,31?,33+,37+,38+,39+/m1/s1. The predicted octanol–water partition coefficient (Wildman–Crippen LogP) is 8.93. The molecular formula is C39H62O6. The first-order chi connectivity index (χ1) is 20.8. The van der Waals surface area contributed by atoms with Crippen molar-refractivity contribution in [1.29, 1.82) is 0 Å². The van der Waals surface area contributed by atoms with Crippen LogP contribution in [0.15, 0.2) is 35.1 Å². The average Bonchev–Trinajstić information content (AvgIpc) is 3.19. The van der Waals surface area contributed by atoms with Crippen molar-refractivity contribution >= 4 is 11.9 Å². The summed E-state index contributed by atoms with van der Waals surface area (Å²) in [5, 5.41) is 12.3. The fourth-order valence-corrected chi connectivity index (χ4v) is 10.5. The molecular weight excluding hydrogens is 564 g/mol. The number of hydrogen-bond acceptors (Lipinski definition) is 6. The number of hydrogen-bond donors (Lipinski definition) is 1. The fraction of sp³-hybridized carbons (Fsp3) is 0.795. The Hall–Kier alpha value is -2.08. The predicted molar refractivity (Wildman–Crippen MR) is 179 cm³/mol. The monoisotopic (exact) mass is 626 g/mol. The second-order valence-corrected chi connectivity index (χ2v) is 17.2. The summed E-state index contributed by atoms with van der Waals surface area (Å²) in [5.41, 5.74) is 1.79. The number of rotatable bonds is 8. The zero-order valence-electron chi connectivity index (χ0n) is 30.2. The van der Waals surface area contributed by atoms with Gasteiger partial charge in [-0.2, -0.15) is 0 Å². The van der Waals surface area contributed by atoms with Crippen LogP contribution >= 0.6 is 0 Å². The van der Waals surface area contributed by atoms with Crippen molar-refractivity contribution < 1.29 is 28.9 Å². The zero-order chi connectivity index (χ0) is 33.7. The smallest absolute Gasteiger partial charge is 0.336 e. The summed E-state index contributed by atoms with van der Waals surface area (Å²) in [5.74, 6) is 1.84. The fourth-order valence-electron chi connectivity index (χ4n) is 10.5. The van der Waals surface area contributed by atoms with Crippen LogP contribution < -0.4 is 0 Å². The van der Waals surface area contributed by atoms with Gasteiger partial charge in [-0.05, 0) is 144 Å². The minimum atomic E-state index is -0.696. The lowest BCUT2D eigenvalue weighted by atomic mass is 9.36. The molecule has 254 valence electrons. The first-order valence-electron chi connectivity index (χ1n) is 17.5. The molecule has 4 aliphatic rings. The number of carbonyl (C=O) groups is 2. The van der Waals surface area contributed by atoms with E-state index in [1.165, 1.54) is 18.4 Å². The highest BCUT2D eigenvalue weighted by Gasteiger charge is 2.70. The number of fused-ring (bicyclic) bond motifs is 5. The van der Waals surface area contributed by atoms with Crippen LogP contribution in [-0.2, 0) is 23.8 Å². The van der Waals surface area contributed by atoms with Crippen molar-refractivity contribution in [3.05, 3.63) is 35.1 Å². The van der Waals surface area contributed by atoms with Crippen LogP contribution in [0.2, 0.25) is 0 Å². The van der Waals surface area contributed by atoms with Gasteiger partial charge in [0.25, 0.3) is 0 Å². The second kappa shape index (κ2) is 12.8. The van der Waals surface area contributed by atoms with Crippen LogP contribution in [0, 0.1) is 51.2 Å². The summed E-state index contributed by atoms with van der Waals surface area (Å²) in [4.78, 5) is 26.4. The number of allylic oxidation sites excluding steroid dienone is 3. The maximum Gasteiger partial charge on any atom is 0.336 e. The highest BCUT2D eigenvalue weighted by molar-refractivity contribution is 5.90. The molecule has 0 bridgehead atoms. The first-order valence-corrected chi connectivity index (χ1v) is 17.5. The van der Waals surface area contributed by atoms with Gasteiger partial charge in [0.2, 0.25) is 6.79 Å². The molecule has 0 aliphatic heterocycles. The SMILES string of the molecule is C=C(C)OC1C[C@@]2(C)[C@@H](C[C@@H](O)[C@H]3[C@@]4(C)CC[C@@H](C)[C@H](C)[C@@H]4CC[C@@]32C)/C1=C(\CCC=C(C)C)C(=O)OCOC(=O)C(C)(C)C. The Morgan fingerprint density at radius 3 is 2.29 bits per heavy atom. The van der Waals surface area contributed by atoms with Crippen molar-refractivity contribution in [2.75, 3.05) is 6.79 Å². The largest absolute Gasteiger partial charge is 0.491 e. The van der Waals surface area contributed by atoms with E-state index in [0.29, 0.717) is 48.3 Å². The van der Waals surface area contributed by atoms with Crippen LogP contribution in [-0.4, -0.2) is 36.0 Å². The molecule has 0 spiro atoms. The lowest BCUT2D eigenvalue weighted by Crippen LogP contribution is -2.65. The Bertz CT molecular complexity index is 1220. The van der Waals surface area contributed by atoms with E-state index in [4.69, 9.17) is 14.2 Å². The molecule has 1 N–H and O–H groups in total. The molecule has 6 nitrogen and oxygen atoms in total. The van der Waals surface area contributed by atoms with E-state index in [2.05, 4.69) is 61.1 Å². The van der Waals surface area contributed by atoms with Crippen LogP contribution in [0.25, 0.3) is 0 Å². The second-order valence-electron chi connectivity index (χ2n) is 17.2. The number of aliphatic hydroxyl groups excluding tert-OH is 1. The van der Waals surface area contributed by atoms with Crippen molar-refractivity contribution in [1.82, 2.24) is 0 Å². The van der Waals surface area contributed by atoms with Gasteiger partial charge in [0.15, 0.2) is 0 Å². The van der Waals surface area contributed by atoms with Gasteiger partial charge in [-0.15, -0.1) is 0 Å². The highest BCUT2D eigenvalue weighted by atomic mass is 16.7. The van der Waals surface area contributed by atoms with E-state index in [9.17, 15) is 14.7 Å². The molecule has 1 unspecified atom stereocenters. The Balaban J connectivity index is 1.78. The molecule has 0 amide bonds. The molecule has 0 aromatic rings. The maximum atomic E-state index is 14.0. The third-order valence-corrected chi connectivity index (χ3v) is 13.0. The van der Waals surface area contributed by atoms with Gasteiger partial charge in [-0.25, -0.2) is 4.79 Å². The summed E-state index contributed by atoms with van der Waals surface area (Å²) < 4.78 is 17.5. The number of aliphatic hydroxyl groups is 1. The van der Waals surface area contributed by atoms with Crippen molar-refractivity contribution in [3.63, 3.8) is 0 Å². The molecule has 10 atom stereocenters. The summed E-state index contributed by atoms with van der Waals surface area (Å²) in [6.07, 6.45) is 8.47. The number of carbonyl (C=O) groups excluding carboxylic acids is 2. The minimum absolute atomic E-state index is 0.0374. The molecule has 0 heterocycles. The van der Waals surface area contributed by atoms with Crippen LogP contribution in [0.4, 0.5) is 0 Å². The lowest BCUT2D eigenvalue weighted by molar-refractivity contribution is -0.229. The summed E-state index contributed by atoms with van der Waals surface area (Å²) in [6.45, 7) is 27.1. The third kappa shape index (κ3) is 6.43. The molecule has 0 saturated heterocycles. The Morgan fingerprint density at radius 2 is 1.69 bits per heavy atom. The van der Waals surface area contributed by atoms with Crippen LogP contribution in [0.1, 0.15) is 128 Å². The van der Waals surface area contributed by atoms with Gasteiger partial charge >= 0.3 is 11.9 Å². The van der Waals surface area contributed by atoms with Gasteiger partial charge in [0, 0.05) is 5.57 Å². The van der Waals surface area contributed by atoms with Crippen molar-refractivity contribution in [2.45, 2.75) is 140 Å². The summed E-state index contributed by atoms with van der Waals surface area (Å²) in [7, 11) is 0. The molecule has 0 radical (unpaired) electrons. The van der Waals surface area contributed by atoms with E-state index >= 15 is 0 Å². The quantitative estimate of drug-likeness (QED) is 0.0952. The molecule has 4 saturated carbocycles. The average molecular weight is 627 g/mol. The van der Waals surface area contributed by atoms with E-state index in [0.717, 1.165) is 24.8 Å². The Labute approximate surface area is 273 Å². The van der Waals surface area contributed by atoms with E-state index in [1.54, 1.807) is 20.8 Å². The van der Waals surface area contributed by atoms with Crippen LogP contribution in [0.5, 0.6) is 0 Å². The van der Waals surface area contributed by atoms with Gasteiger partial charge in [-0.3, -0.25) is 4.79 Å². The molecule has 0 aromatic heterocycles. The zero-order valence-corrected chi connectivity index (χ0v) is 30.2. The highest BCUT2D eigenvalue weighted by Crippen LogP contribution is 2.74. The number of esters is 2. The molecule has 45 heavy (non-hydrogen) atoms. The van der Waals surface area contributed by atoms with Gasteiger partial charge in [0.1, 0.15) is 6.10 Å². The van der Waals surface area contributed by atoms with E-state index in [-0.39, 0.29) is 34.2 Å². The van der Waals surface area contributed by atoms with Gasteiger partial charge < -0.3 is 19.3 Å². The molecule has 6 heteroatoms. The van der Waals surface area contributed by atoms with E-state index < -0.39 is 30.3 Å². The lowest BCUT2D eigenvalue weighted by Gasteiger charge is -2.69.